The van der Waals surface area contributed by atoms with Crippen LogP contribution in [0.3, 0.4) is 0 Å². The van der Waals surface area contributed by atoms with Crippen molar-refractivity contribution in [2.75, 3.05) is 14.2 Å². The molecule has 0 bridgehead atoms. The van der Waals surface area contributed by atoms with E-state index in [0.717, 1.165) is 11.1 Å². The van der Waals surface area contributed by atoms with Gasteiger partial charge in [0.2, 0.25) is 0 Å². The summed E-state index contributed by atoms with van der Waals surface area (Å²) in [6, 6.07) is 5.45. The SMILES string of the molecule is COC(=O)c1cc(CN(C)C(=O)OC(C)(C)C)ccc1C. The predicted molar refractivity (Wildman–Crippen MR) is 80.2 cm³/mol. The molecule has 1 aromatic rings. The van der Waals surface area contributed by atoms with Gasteiger partial charge >= 0.3 is 12.1 Å². The van der Waals surface area contributed by atoms with Crippen LogP contribution in [0.5, 0.6) is 0 Å². The molecule has 0 heterocycles. The van der Waals surface area contributed by atoms with Crippen LogP contribution in [0.15, 0.2) is 18.2 Å². The topological polar surface area (TPSA) is 55.8 Å². The first-order chi connectivity index (χ1) is 9.64. The van der Waals surface area contributed by atoms with E-state index in [9.17, 15) is 9.59 Å². The molecule has 0 unspecified atom stereocenters. The number of rotatable bonds is 3. The third-order valence-electron chi connectivity index (χ3n) is 2.83. The first-order valence-corrected chi connectivity index (χ1v) is 6.76. The second-order valence-corrected chi connectivity index (χ2v) is 5.98. The molecule has 0 aliphatic rings. The number of methoxy groups -OCH3 is 1. The van der Waals surface area contributed by atoms with Crippen LogP contribution in [0.2, 0.25) is 0 Å². The number of amides is 1. The Morgan fingerprint density at radius 2 is 1.86 bits per heavy atom. The van der Waals surface area contributed by atoms with Gasteiger partial charge in [-0.3, -0.25) is 0 Å². The van der Waals surface area contributed by atoms with Gasteiger partial charge in [-0.15, -0.1) is 0 Å². The number of ether oxygens (including phenoxy) is 2. The predicted octanol–water partition coefficient (Wildman–Crippen LogP) is 3.15. The zero-order valence-electron chi connectivity index (χ0n) is 13.5. The molecule has 1 aromatic carbocycles. The highest BCUT2D eigenvalue weighted by Gasteiger charge is 2.20. The summed E-state index contributed by atoms with van der Waals surface area (Å²) in [5, 5.41) is 0. The lowest BCUT2D eigenvalue weighted by Crippen LogP contribution is -2.33. The Morgan fingerprint density at radius 1 is 1.24 bits per heavy atom. The highest BCUT2D eigenvalue weighted by molar-refractivity contribution is 5.91. The van der Waals surface area contributed by atoms with Crippen LogP contribution < -0.4 is 0 Å². The van der Waals surface area contributed by atoms with E-state index in [4.69, 9.17) is 9.47 Å². The summed E-state index contributed by atoms with van der Waals surface area (Å²) in [6.07, 6.45) is -0.400. The third-order valence-corrected chi connectivity index (χ3v) is 2.83. The number of hydrogen-bond donors (Lipinski definition) is 0. The molecule has 0 aliphatic carbocycles. The van der Waals surface area contributed by atoms with Gasteiger partial charge in [-0.05, 0) is 44.9 Å². The fourth-order valence-corrected chi connectivity index (χ4v) is 1.78. The maximum atomic E-state index is 11.9. The zero-order chi connectivity index (χ0) is 16.2. The van der Waals surface area contributed by atoms with Gasteiger partial charge in [0, 0.05) is 13.6 Å². The van der Waals surface area contributed by atoms with Crippen LogP contribution in [0.25, 0.3) is 0 Å². The Kier molecular flexibility index (Phi) is 5.35. The lowest BCUT2D eigenvalue weighted by molar-refractivity contribution is 0.0285. The monoisotopic (exact) mass is 293 g/mol. The summed E-state index contributed by atoms with van der Waals surface area (Å²) >= 11 is 0. The van der Waals surface area contributed by atoms with Crippen LogP contribution in [-0.2, 0) is 16.0 Å². The summed E-state index contributed by atoms with van der Waals surface area (Å²) in [4.78, 5) is 25.1. The van der Waals surface area contributed by atoms with Crippen molar-refractivity contribution in [3.8, 4) is 0 Å². The van der Waals surface area contributed by atoms with Crippen molar-refractivity contribution in [1.82, 2.24) is 4.90 Å². The van der Waals surface area contributed by atoms with Crippen molar-refractivity contribution in [3.63, 3.8) is 0 Å². The number of aryl methyl sites for hydroxylation is 1. The fraction of sp³-hybridized carbons (Fsp3) is 0.500. The van der Waals surface area contributed by atoms with E-state index in [1.54, 1.807) is 13.1 Å². The normalized spacial score (nSPS) is 11.0. The van der Waals surface area contributed by atoms with Crippen molar-refractivity contribution in [3.05, 3.63) is 34.9 Å². The Hall–Kier alpha value is -2.04. The summed E-state index contributed by atoms with van der Waals surface area (Å²) < 4.78 is 10.0. The van der Waals surface area contributed by atoms with E-state index in [0.29, 0.717) is 12.1 Å². The molecule has 5 heteroatoms. The molecule has 0 N–H and O–H groups in total. The van der Waals surface area contributed by atoms with Crippen molar-refractivity contribution in [1.29, 1.82) is 0 Å². The molecule has 0 saturated carbocycles. The molecule has 5 nitrogen and oxygen atoms in total. The molecule has 1 amide bonds. The third kappa shape index (κ3) is 5.10. The van der Waals surface area contributed by atoms with Gasteiger partial charge in [0.15, 0.2) is 0 Å². The van der Waals surface area contributed by atoms with E-state index >= 15 is 0 Å². The number of carbonyl (C=O) groups excluding carboxylic acids is 2. The number of nitrogens with zero attached hydrogens (tertiary/aromatic N) is 1. The molecule has 0 radical (unpaired) electrons. The number of esters is 1. The molecule has 0 spiro atoms. The Bertz CT molecular complexity index is 532. The lowest BCUT2D eigenvalue weighted by atomic mass is 10.0. The van der Waals surface area contributed by atoms with Crippen LogP contribution in [0, 0.1) is 6.92 Å². The Morgan fingerprint density at radius 3 is 2.38 bits per heavy atom. The van der Waals surface area contributed by atoms with Crippen LogP contribution in [0.4, 0.5) is 4.79 Å². The van der Waals surface area contributed by atoms with Gasteiger partial charge in [-0.25, -0.2) is 9.59 Å². The lowest BCUT2D eigenvalue weighted by Gasteiger charge is -2.24. The molecule has 0 aromatic heterocycles. The average Bonchev–Trinajstić information content (AvgIpc) is 2.38. The van der Waals surface area contributed by atoms with Crippen LogP contribution in [-0.4, -0.2) is 36.7 Å². The minimum absolute atomic E-state index is 0.360. The summed E-state index contributed by atoms with van der Waals surface area (Å²) in [5.74, 6) is -0.380. The first kappa shape index (κ1) is 17.0. The minimum Gasteiger partial charge on any atom is -0.465 e. The molecule has 0 aliphatic heterocycles. The van der Waals surface area contributed by atoms with Crippen molar-refractivity contribution in [2.45, 2.75) is 39.8 Å². The van der Waals surface area contributed by atoms with Gasteiger partial charge in [0.1, 0.15) is 5.60 Å². The first-order valence-electron chi connectivity index (χ1n) is 6.76. The molecule has 0 saturated heterocycles. The Labute approximate surface area is 125 Å². The maximum absolute atomic E-state index is 11.9. The molecule has 116 valence electrons. The molecular formula is C16H23NO4. The largest absolute Gasteiger partial charge is 0.465 e. The van der Waals surface area contributed by atoms with Crippen LogP contribution in [0.1, 0.15) is 42.3 Å². The van der Waals surface area contributed by atoms with Gasteiger partial charge in [0.05, 0.1) is 12.7 Å². The molecule has 0 atom stereocenters. The van der Waals surface area contributed by atoms with Gasteiger partial charge in [0.25, 0.3) is 0 Å². The summed E-state index contributed by atoms with van der Waals surface area (Å²) in [6.45, 7) is 7.66. The molecular weight excluding hydrogens is 270 g/mol. The van der Waals surface area contributed by atoms with Gasteiger partial charge in [-0.1, -0.05) is 12.1 Å². The number of carbonyl (C=O) groups is 2. The van der Waals surface area contributed by atoms with E-state index in [-0.39, 0.29) is 5.97 Å². The van der Waals surface area contributed by atoms with Crippen molar-refractivity contribution in [2.24, 2.45) is 0 Å². The van der Waals surface area contributed by atoms with Crippen molar-refractivity contribution >= 4 is 12.1 Å². The van der Waals surface area contributed by atoms with E-state index in [2.05, 4.69) is 0 Å². The second-order valence-electron chi connectivity index (χ2n) is 5.98. The van der Waals surface area contributed by atoms with Gasteiger partial charge < -0.3 is 14.4 Å². The van der Waals surface area contributed by atoms with E-state index < -0.39 is 11.7 Å². The smallest absolute Gasteiger partial charge is 0.410 e. The Balaban J connectivity index is 2.84. The zero-order valence-corrected chi connectivity index (χ0v) is 13.5. The molecule has 1 rings (SSSR count). The fourth-order valence-electron chi connectivity index (χ4n) is 1.78. The van der Waals surface area contributed by atoms with Crippen molar-refractivity contribution < 1.29 is 19.1 Å². The maximum Gasteiger partial charge on any atom is 0.410 e. The van der Waals surface area contributed by atoms with Gasteiger partial charge in [-0.2, -0.15) is 0 Å². The average molecular weight is 293 g/mol. The molecule has 21 heavy (non-hydrogen) atoms. The highest BCUT2D eigenvalue weighted by Crippen LogP contribution is 2.15. The summed E-state index contributed by atoms with van der Waals surface area (Å²) in [5.41, 5.74) is 1.66. The number of benzene rings is 1. The minimum atomic E-state index is -0.532. The highest BCUT2D eigenvalue weighted by atomic mass is 16.6. The second kappa shape index (κ2) is 6.61. The molecule has 0 fully saturated rings. The van der Waals surface area contributed by atoms with E-state index in [1.807, 2.05) is 39.8 Å². The summed E-state index contributed by atoms with van der Waals surface area (Å²) in [7, 11) is 3.01. The standard InChI is InChI=1S/C16H23NO4/c1-11-7-8-12(9-13(11)14(18)20-6)10-17(5)15(19)21-16(2,3)4/h7-9H,10H2,1-6H3. The van der Waals surface area contributed by atoms with Crippen LogP contribution >= 0.6 is 0 Å². The number of hydrogen-bond acceptors (Lipinski definition) is 4. The quantitative estimate of drug-likeness (QED) is 0.803. The van der Waals surface area contributed by atoms with E-state index in [1.165, 1.54) is 12.0 Å².